The Hall–Kier alpha value is -2.27. The number of hydrogen-bond donors (Lipinski definition) is 1. The standard InChI is InChI=1S/C18H19NO3S/c1-12(20)14-4-9-18(22-3)15(10-14)11-23-17-7-5-16(6-8-17)19-13(2)21/h4-10H,11H2,1-3H3,(H,19,21). The first kappa shape index (κ1) is 17.1. The Bertz CT molecular complexity index is 711. The first-order valence-corrected chi connectivity index (χ1v) is 8.16. The average Bonchev–Trinajstić information content (AvgIpc) is 2.53. The first-order chi connectivity index (χ1) is 11.0. The minimum Gasteiger partial charge on any atom is -0.496 e. The largest absolute Gasteiger partial charge is 0.496 e. The predicted molar refractivity (Wildman–Crippen MR) is 93.3 cm³/mol. The molecule has 1 amide bonds. The summed E-state index contributed by atoms with van der Waals surface area (Å²) in [7, 11) is 1.62. The van der Waals surface area contributed by atoms with Crippen LogP contribution in [0.1, 0.15) is 29.8 Å². The van der Waals surface area contributed by atoms with Gasteiger partial charge in [-0.3, -0.25) is 9.59 Å². The van der Waals surface area contributed by atoms with Crippen molar-refractivity contribution in [1.82, 2.24) is 0 Å². The average molecular weight is 329 g/mol. The van der Waals surface area contributed by atoms with E-state index < -0.39 is 0 Å². The fourth-order valence-corrected chi connectivity index (χ4v) is 2.99. The lowest BCUT2D eigenvalue weighted by molar-refractivity contribution is -0.114. The maximum absolute atomic E-state index is 11.5. The Morgan fingerprint density at radius 2 is 1.78 bits per heavy atom. The molecule has 1 N–H and O–H groups in total. The Kier molecular flexibility index (Phi) is 5.82. The van der Waals surface area contributed by atoms with Crippen molar-refractivity contribution in [3.05, 3.63) is 53.6 Å². The van der Waals surface area contributed by atoms with Gasteiger partial charge in [-0.05, 0) is 49.4 Å². The van der Waals surface area contributed by atoms with Crippen LogP contribution in [0.5, 0.6) is 5.75 Å². The van der Waals surface area contributed by atoms with Crippen LogP contribution in [-0.2, 0) is 10.5 Å². The molecule has 2 aromatic rings. The highest BCUT2D eigenvalue weighted by Gasteiger charge is 2.08. The SMILES string of the molecule is COc1ccc(C(C)=O)cc1CSc1ccc(NC(C)=O)cc1. The summed E-state index contributed by atoms with van der Waals surface area (Å²) in [5, 5.41) is 2.74. The molecule has 0 saturated carbocycles. The maximum atomic E-state index is 11.5. The fraction of sp³-hybridized carbons (Fsp3) is 0.222. The van der Waals surface area contributed by atoms with Crippen molar-refractivity contribution in [2.24, 2.45) is 0 Å². The molecule has 2 aromatic carbocycles. The summed E-state index contributed by atoms with van der Waals surface area (Å²) in [6.07, 6.45) is 0. The Morgan fingerprint density at radius 3 is 2.35 bits per heavy atom. The van der Waals surface area contributed by atoms with E-state index in [1.54, 1.807) is 31.9 Å². The van der Waals surface area contributed by atoms with E-state index >= 15 is 0 Å². The van der Waals surface area contributed by atoms with E-state index in [4.69, 9.17) is 4.74 Å². The fourth-order valence-electron chi connectivity index (χ4n) is 2.11. The number of amides is 1. The summed E-state index contributed by atoms with van der Waals surface area (Å²) < 4.78 is 5.36. The summed E-state index contributed by atoms with van der Waals surface area (Å²) in [6.45, 7) is 3.04. The van der Waals surface area contributed by atoms with E-state index in [0.29, 0.717) is 11.3 Å². The smallest absolute Gasteiger partial charge is 0.221 e. The van der Waals surface area contributed by atoms with Crippen molar-refractivity contribution in [3.63, 3.8) is 0 Å². The molecule has 0 aliphatic carbocycles. The third-order valence-electron chi connectivity index (χ3n) is 3.26. The number of hydrogen-bond acceptors (Lipinski definition) is 4. The van der Waals surface area contributed by atoms with Crippen molar-refractivity contribution in [2.45, 2.75) is 24.5 Å². The van der Waals surface area contributed by atoms with Gasteiger partial charge in [-0.25, -0.2) is 0 Å². The molecular weight excluding hydrogens is 310 g/mol. The summed E-state index contributed by atoms with van der Waals surface area (Å²) in [4.78, 5) is 23.6. The van der Waals surface area contributed by atoms with Crippen LogP contribution in [0, 0.1) is 0 Å². The van der Waals surface area contributed by atoms with Gasteiger partial charge < -0.3 is 10.1 Å². The van der Waals surface area contributed by atoms with Gasteiger partial charge in [-0.1, -0.05) is 0 Å². The topological polar surface area (TPSA) is 55.4 Å². The Labute approximate surface area is 140 Å². The van der Waals surface area contributed by atoms with Gasteiger partial charge in [0.15, 0.2) is 5.78 Å². The zero-order chi connectivity index (χ0) is 16.8. The highest BCUT2D eigenvalue weighted by molar-refractivity contribution is 7.98. The molecule has 0 saturated heterocycles. The quantitative estimate of drug-likeness (QED) is 0.639. The number of anilines is 1. The monoisotopic (exact) mass is 329 g/mol. The molecule has 0 radical (unpaired) electrons. The molecule has 0 atom stereocenters. The molecule has 23 heavy (non-hydrogen) atoms. The number of carbonyl (C=O) groups excluding carboxylic acids is 2. The first-order valence-electron chi connectivity index (χ1n) is 7.18. The molecule has 5 heteroatoms. The van der Waals surface area contributed by atoms with E-state index in [2.05, 4.69) is 5.32 Å². The minimum atomic E-state index is -0.0869. The van der Waals surface area contributed by atoms with Crippen molar-refractivity contribution in [3.8, 4) is 5.75 Å². The number of nitrogens with one attached hydrogen (secondary N) is 1. The predicted octanol–water partition coefficient (Wildman–Crippen LogP) is 4.15. The number of thioether (sulfide) groups is 1. The van der Waals surface area contributed by atoms with E-state index in [1.807, 2.05) is 36.4 Å². The number of Topliss-reactive ketones (excluding diaryl/α,β-unsaturated/α-hetero) is 1. The number of ether oxygens (including phenoxy) is 1. The number of methoxy groups -OCH3 is 1. The van der Waals surface area contributed by atoms with E-state index in [0.717, 1.165) is 21.9 Å². The summed E-state index contributed by atoms with van der Waals surface area (Å²) in [6, 6.07) is 13.1. The molecule has 0 aromatic heterocycles. The number of rotatable bonds is 6. The van der Waals surface area contributed by atoms with E-state index in [1.165, 1.54) is 6.92 Å². The van der Waals surface area contributed by atoms with E-state index in [-0.39, 0.29) is 11.7 Å². The molecule has 0 bridgehead atoms. The zero-order valence-electron chi connectivity index (χ0n) is 13.4. The second kappa shape index (κ2) is 7.83. The normalized spacial score (nSPS) is 10.2. The minimum absolute atomic E-state index is 0.0403. The molecule has 0 aliphatic rings. The van der Waals surface area contributed by atoms with Crippen LogP contribution >= 0.6 is 11.8 Å². The number of benzene rings is 2. The second-order valence-electron chi connectivity index (χ2n) is 5.08. The van der Waals surface area contributed by atoms with Crippen LogP contribution in [0.4, 0.5) is 5.69 Å². The van der Waals surface area contributed by atoms with E-state index in [9.17, 15) is 9.59 Å². The Morgan fingerprint density at radius 1 is 1.09 bits per heavy atom. The van der Waals surface area contributed by atoms with Gasteiger partial charge in [0.2, 0.25) is 5.91 Å². The highest BCUT2D eigenvalue weighted by Crippen LogP contribution is 2.29. The van der Waals surface area contributed by atoms with Gasteiger partial charge in [-0.2, -0.15) is 0 Å². The molecule has 0 unspecified atom stereocenters. The summed E-state index contributed by atoms with van der Waals surface area (Å²) in [5.74, 6) is 1.43. The third-order valence-corrected chi connectivity index (χ3v) is 4.32. The molecule has 0 heterocycles. The summed E-state index contributed by atoms with van der Waals surface area (Å²) in [5.41, 5.74) is 2.44. The zero-order valence-corrected chi connectivity index (χ0v) is 14.2. The lowest BCUT2D eigenvalue weighted by Gasteiger charge is -2.10. The van der Waals surface area contributed by atoms with Gasteiger partial charge >= 0.3 is 0 Å². The van der Waals surface area contributed by atoms with Gasteiger partial charge in [0, 0.05) is 34.4 Å². The molecule has 120 valence electrons. The van der Waals surface area contributed by atoms with Crippen molar-refractivity contribution in [2.75, 3.05) is 12.4 Å². The number of carbonyl (C=O) groups is 2. The molecular formula is C18H19NO3S. The van der Waals surface area contributed by atoms with Gasteiger partial charge in [0.1, 0.15) is 5.75 Å². The van der Waals surface area contributed by atoms with Gasteiger partial charge in [0.05, 0.1) is 7.11 Å². The van der Waals surface area contributed by atoms with Crippen molar-refractivity contribution >= 4 is 29.1 Å². The van der Waals surface area contributed by atoms with Gasteiger partial charge in [-0.15, -0.1) is 11.8 Å². The molecule has 0 aliphatic heterocycles. The highest BCUT2D eigenvalue weighted by atomic mass is 32.2. The lowest BCUT2D eigenvalue weighted by atomic mass is 10.1. The number of ketones is 1. The van der Waals surface area contributed by atoms with Crippen LogP contribution in [0.2, 0.25) is 0 Å². The summed E-state index contributed by atoms with van der Waals surface area (Å²) >= 11 is 1.65. The molecule has 0 fully saturated rings. The van der Waals surface area contributed by atoms with Crippen LogP contribution in [0.25, 0.3) is 0 Å². The lowest BCUT2D eigenvalue weighted by Crippen LogP contribution is -2.05. The van der Waals surface area contributed by atoms with Crippen molar-refractivity contribution < 1.29 is 14.3 Å². The van der Waals surface area contributed by atoms with Crippen LogP contribution < -0.4 is 10.1 Å². The Balaban J connectivity index is 2.09. The van der Waals surface area contributed by atoms with Crippen LogP contribution in [0.15, 0.2) is 47.4 Å². The van der Waals surface area contributed by atoms with Crippen molar-refractivity contribution in [1.29, 1.82) is 0 Å². The molecule has 2 rings (SSSR count). The van der Waals surface area contributed by atoms with Crippen LogP contribution in [0.3, 0.4) is 0 Å². The van der Waals surface area contributed by atoms with Crippen LogP contribution in [-0.4, -0.2) is 18.8 Å². The molecule has 0 spiro atoms. The third kappa shape index (κ3) is 4.86. The second-order valence-corrected chi connectivity index (χ2v) is 6.13. The molecule has 4 nitrogen and oxygen atoms in total. The maximum Gasteiger partial charge on any atom is 0.221 e. The van der Waals surface area contributed by atoms with Gasteiger partial charge in [0.25, 0.3) is 0 Å².